The number of methoxy groups -OCH3 is 1. The first kappa shape index (κ1) is 15.1. The summed E-state index contributed by atoms with van der Waals surface area (Å²) in [7, 11) is 1.63. The molecule has 21 heavy (non-hydrogen) atoms. The number of amides is 1. The number of ether oxygens (including phenoxy) is 1. The number of nitrogens with one attached hydrogen (secondary N) is 1. The lowest BCUT2D eigenvalue weighted by atomic mass is 10.1. The van der Waals surface area contributed by atoms with Crippen LogP contribution in [0.15, 0.2) is 34.9 Å². The van der Waals surface area contributed by atoms with Gasteiger partial charge in [0, 0.05) is 19.0 Å². The van der Waals surface area contributed by atoms with Crippen molar-refractivity contribution in [2.24, 2.45) is 5.92 Å². The van der Waals surface area contributed by atoms with Crippen molar-refractivity contribution in [3.8, 4) is 5.75 Å². The zero-order chi connectivity index (χ0) is 15.2. The van der Waals surface area contributed by atoms with Crippen LogP contribution in [0.2, 0.25) is 0 Å². The number of carbonyl (C=O) groups excluding carboxylic acids is 1. The monoisotopic (exact) mass is 288 g/mol. The largest absolute Gasteiger partial charge is 0.497 e. The average Bonchev–Trinajstić information content (AvgIpc) is 2.94. The Bertz CT molecular complexity index is 588. The molecule has 0 fully saturated rings. The Balaban J connectivity index is 1.97. The van der Waals surface area contributed by atoms with Gasteiger partial charge in [-0.1, -0.05) is 31.1 Å². The maximum Gasteiger partial charge on any atom is 0.289 e. The number of carbonyl (C=O) groups is 1. The quantitative estimate of drug-likeness (QED) is 0.887. The van der Waals surface area contributed by atoms with Crippen LogP contribution >= 0.6 is 0 Å². The molecule has 1 amide bonds. The molecule has 1 aromatic carbocycles. The number of hydrogen-bond donors (Lipinski definition) is 1. The molecule has 2 rings (SSSR count). The lowest BCUT2D eigenvalue weighted by Crippen LogP contribution is -2.26. The average molecular weight is 288 g/mol. The van der Waals surface area contributed by atoms with Gasteiger partial charge in [0.25, 0.3) is 5.91 Å². The fourth-order valence-corrected chi connectivity index (χ4v) is 1.84. The number of hydrogen-bond acceptors (Lipinski definition) is 4. The molecule has 0 saturated heterocycles. The van der Waals surface area contributed by atoms with Crippen LogP contribution < -0.4 is 10.1 Å². The Labute approximate surface area is 124 Å². The number of aromatic nitrogens is 1. The summed E-state index contributed by atoms with van der Waals surface area (Å²) in [6, 6.07) is 9.40. The van der Waals surface area contributed by atoms with Crippen molar-refractivity contribution in [3.63, 3.8) is 0 Å². The third-order valence-corrected chi connectivity index (χ3v) is 3.00. The topological polar surface area (TPSA) is 64.4 Å². The molecule has 2 aromatic rings. The van der Waals surface area contributed by atoms with Crippen molar-refractivity contribution in [2.75, 3.05) is 13.7 Å². The smallest absolute Gasteiger partial charge is 0.289 e. The highest BCUT2D eigenvalue weighted by atomic mass is 16.5. The molecule has 0 saturated carbocycles. The number of rotatable bonds is 6. The van der Waals surface area contributed by atoms with E-state index in [1.807, 2.05) is 38.1 Å². The van der Waals surface area contributed by atoms with Crippen molar-refractivity contribution in [1.29, 1.82) is 0 Å². The van der Waals surface area contributed by atoms with Crippen molar-refractivity contribution < 1.29 is 14.1 Å². The van der Waals surface area contributed by atoms with E-state index in [2.05, 4.69) is 10.5 Å². The lowest BCUT2D eigenvalue weighted by molar-refractivity contribution is 0.0912. The summed E-state index contributed by atoms with van der Waals surface area (Å²) in [5, 5.41) is 6.74. The van der Waals surface area contributed by atoms with Crippen LogP contribution in [0.3, 0.4) is 0 Å². The van der Waals surface area contributed by atoms with E-state index < -0.39 is 0 Å². The van der Waals surface area contributed by atoms with Gasteiger partial charge in [-0.05, 0) is 23.6 Å². The van der Waals surface area contributed by atoms with Crippen molar-refractivity contribution in [1.82, 2.24) is 10.5 Å². The molecule has 5 nitrogen and oxygen atoms in total. The second kappa shape index (κ2) is 6.92. The first-order valence-electron chi connectivity index (χ1n) is 6.95. The second-order valence-electron chi connectivity index (χ2n) is 5.31. The Hall–Kier alpha value is -2.30. The minimum absolute atomic E-state index is 0.225. The van der Waals surface area contributed by atoms with Crippen molar-refractivity contribution in [3.05, 3.63) is 47.3 Å². The molecule has 0 aliphatic heterocycles. The van der Waals surface area contributed by atoms with E-state index in [9.17, 15) is 4.79 Å². The summed E-state index contributed by atoms with van der Waals surface area (Å²) in [4.78, 5) is 11.8. The van der Waals surface area contributed by atoms with Crippen LogP contribution in [0.1, 0.15) is 35.7 Å². The highest BCUT2D eigenvalue weighted by Gasteiger charge is 2.13. The third-order valence-electron chi connectivity index (χ3n) is 3.00. The summed E-state index contributed by atoms with van der Waals surface area (Å²) < 4.78 is 10.2. The Morgan fingerprint density at radius 1 is 1.33 bits per heavy atom. The Morgan fingerprint density at radius 2 is 2.05 bits per heavy atom. The molecule has 0 aliphatic rings. The predicted molar refractivity (Wildman–Crippen MR) is 79.5 cm³/mol. The molecule has 0 aliphatic carbocycles. The van der Waals surface area contributed by atoms with E-state index in [0.717, 1.165) is 17.0 Å². The van der Waals surface area contributed by atoms with E-state index in [-0.39, 0.29) is 11.7 Å². The van der Waals surface area contributed by atoms with Crippen LogP contribution in [0.4, 0.5) is 0 Å². The zero-order valence-corrected chi connectivity index (χ0v) is 12.6. The zero-order valence-electron chi connectivity index (χ0n) is 12.6. The van der Waals surface area contributed by atoms with Gasteiger partial charge < -0.3 is 14.6 Å². The van der Waals surface area contributed by atoms with Crippen LogP contribution in [0.25, 0.3) is 0 Å². The second-order valence-corrected chi connectivity index (χ2v) is 5.31. The van der Waals surface area contributed by atoms with Gasteiger partial charge in [-0.3, -0.25) is 4.79 Å². The fraction of sp³-hybridized carbons (Fsp3) is 0.375. The molecule has 1 aromatic heterocycles. The molecule has 112 valence electrons. The standard InChI is InChI=1S/C16H20N2O3/c1-11(2)10-17-16(19)15-9-13(18-21-15)8-12-4-6-14(20-3)7-5-12/h4-7,9,11H,8,10H2,1-3H3,(H,17,19). The SMILES string of the molecule is COc1ccc(Cc2cc(C(=O)NCC(C)C)on2)cc1. The molecule has 1 heterocycles. The molecular weight excluding hydrogens is 268 g/mol. The molecule has 5 heteroatoms. The van der Waals surface area contributed by atoms with Gasteiger partial charge >= 0.3 is 0 Å². The predicted octanol–water partition coefficient (Wildman–Crippen LogP) is 2.66. The number of benzene rings is 1. The van der Waals surface area contributed by atoms with Gasteiger partial charge in [0.1, 0.15) is 5.75 Å². The van der Waals surface area contributed by atoms with Crippen molar-refractivity contribution in [2.45, 2.75) is 20.3 Å². The van der Waals surface area contributed by atoms with Crippen LogP contribution in [0.5, 0.6) is 5.75 Å². The third kappa shape index (κ3) is 4.34. The summed E-state index contributed by atoms with van der Waals surface area (Å²) in [6.07, 6.45) is 0.616. The van der Waals surface area contributed by atoms with Gasteiger partial charge in [0.2, 0.25) is 5.76 Å². The van der Waals surface area contributed by atoms with Gasteiger partial charge in [-0.2, -0.15) is 0 Å². The minimum atomic E-state index is -0.225. The highest BCUT2D eigenvalue weighted by Crippen LogP contribution is 2.15. The molecule has 1 N–H and O–H groups in total. The first-order valence-corrected chi connectivity index (χ1v) is 6.95. The molecular formula is C16H20N2O3. The number of nitrogens with zero attached hydrogens (tertiary/aromatic N) is 1. The molecule has 0 radical (unpaired) electrons. The summed E-state index contributed by atoms with van der Waals surface area (Å²) in [5.41, 5.74) is 1.81. The Kier molecular flexibility index (Phi) is 4.98. The van der Waals surface area contributed by atoms with E-state index in [1.54, 1.807) is 13.2 Å². The lowest BCUT2D eigenvalue weighted by Gasteiger charge is -2.04. The summed E-state index contributed by atoms with van der Waals surface area (Å²) >= 11 is 0. The summed E-state index contributed by atoms with van der Waals surface area (Å²) in [6.45, 7) is 4.69. The molecule has 0 bridgehead atoms. The van der Waals surface area contributed by atoms with Gasteiger partial charge in [0.05, 0.1) is 12.8 Å². The maximum absolute atomic E-state index is 11.8. The van der Waals surface area contributed by atoms with Crippen LogP contribution in [0, 0.1) is 5.92 Å². The van der Waals surface area contributed by atoms with Gasteiger partial charge in [0.15, 0.2) is 0 Å². The van der Waals surface area contributed by atoms with E-state index in [4.69, 9.17) is 9.26 Å². The van der Waals surface area contributed by atoms with Crippen LogP contribution in [-0.2, 0) is 6.42 Å². The van der Waals surface area contributed by atoms with Gasteiger partial charge in [-0.15, -0.1) is 0 Å². The molecule has 0 atom stereocenters. The summed E-state index contributed by atoms with van der Waals surface area (Å²) in [5.74, 6) is 1.24. The van der Waals surface area contributed by atoms with E-state index >= 15 is 0 Å². The van der Waals surface area contributed by atoms with Crippen LogP contribution in [-0.4, -0.2) is 24.7 Å². The minimum Gasteiger partial charge on any atom is -0.497 e. The maximum atomic E-state index is 11.8. The molecule has 0 spiro atoms. The first-order chi connectivity index (χ1) is 10.1. The Morgan fingerprint density at radius 3 is 2.67 bits per heavy atom. The molecule has 0 unspecified atom stereocenters. The van der Waals surface area contributed by atoms with Gasteiger partial charge in [-0.25, -0.2) is 0 Å². The van der Waals surface area contributed by atoms with Crippen molar-refractivity contribution >= 4 is 5.91 Å². The van der Waals surface area contributed by atoms with E-state index in [1.165, 1.54) is 0 Å². The van der Waals surface area contributed by atoms with E-state index in [0.29, 0.717) is 18.9 Å². The normalized spacial score (nSPS) is 10.7. The fourth-order valence-electron chi connectivity index (χ4n) is 1.84. The highest BCUT2D eigenvalue weighted by molar-refractivity contribution is 5.91.